The Morgan fingerprint density at radius 2 is 2.25 bits per heavy atom. The summed E-state index contributed by atoms with van der Waals surface area (Å²) >= 11 is 3.01. The van der Waals surface area contributed by atoms with Crippen LogP contribution in [0.25, 0.3) is 15.2 Å². The molecule has 0 radical (unpaired) electrons. The number of nitrogens with zero attached hydrogens (tertiary/aromatic N) is 4. The predicted molar refractivity (Wildman–Crippen MR) is 75.1 cm³/mol. The Bertz CT molecular complexity index is 950. The predicted octanol–water partition coefficient (Wildman–Crippen LogP) is 1.91. The summed E-state index contributed by atoms with van der Waals surface area (Å²) in [6, 6.07) is 8.06. The van der Waals surface area contributed by atoms with E-state index in [9.17, 15) is 4.79 Å². The second-order valence-corrected chi connectivity index (χ2v) is 5.92. The van der Waals surface area contributed by atoms with Crippen LogP contribution in [-0.4, -0.2) is 24.8 Å². The Balaban J connectivity index is 1.74. The van der Waals surface area contributed by atoms with Gasteiger partial charge in [0.25, 0.3) is 0 Å². The van der Waals surface area contributed by atoms with Gasteiger partial charge in [-0.1, -0.05) is 35.2 Å². The largest absolute Gasteiger partial charge is 0.434 e. The quantitative estimate of drug-likeness (QED) is 0.582. The molecule has 0 aliphatic carbocycles. The highest BCUT2D eigenvalue weighted by Gasteiger charge is 2.13. The number of rotatable bonds is 3. The van der Waals surface area contributed by atoms with Crippen LogP contribution in [0.2, 0.25) is 0 Å². The second kappa shape index (κ2) is 4.46. The highest BCUT2D eigenvalue weighted by molar-refractivity contribution is 7.98. The van der Waals surface area contributed by atoms with Crippen LogP contribution in [0.3, 0.4) is 0 Å². The van der Waals surface area contributed by atoms with E-state index < -0.39 is 5.76 Å². The maximum Gasteiger partial charge on any atom is 0.434 e. The number of aromatic nitrogens is 5. The van der Waals surface area contributed by atoms with Crippen molar-refractivity contribution in [1.82, 2.24) is 24.8 Å². The zero-order valence-corrected chi connectivity index (χ0v) is 11.6. The van der Waals surface area contributed by atoms with Gasteiger partial charge in [-0.05, 0) is 12.1 Å². The Morgan fingerprint density at radius 1 is 1.35 bits per heavy atom. The summed E-state index contributed by atoms with van der Waals surface area (Å²) in [5.41, 5.74) is 1.07. The van der Waals surface area contributed by atoms with Crippen LogP contribution in [0.4, 0.5) is 0 Å². The minimum absolute atomic E-state index is 0.344. The lowest BCUT2D eigenvalue weighted by atomic mass is 10.3. The first-order valence-electron chi connectivity index (χ1n) is 5.71. The third-order valence-corrected chi connectivity index (χ3v) is 4.64. The molecule has 0 spiro atoms. The topological polar surface area (TPSA) is 89.1 Å². The molecule has 1 N–H and O–H groups in total. The average Bonchev–Trinajstić information content (AvgIpc) is 3.11. The van der Waals surface area contributed by atoms with E-state index in [1.165, 1.54) is 11.8 Å². The van der Waals surface area contributed by atoms with E-state index in [0.717, 1.165) is 20.3 Å². The van der Waals surface area contributed by atoms with Crippen molar-refractivity contribution in [2.75, 3.05) is 0 Å². The summed E-state index contributed by atoms with van der Waals surface area (Å²) < 4.78 is 8.02. The Kier molecular flexibility index (Phi) is 2.60. The Labute approximate surface area is 119 Å². The third-order valence-electron chi connectivity index (χ3n) is 2.72. The molecule has 0 fully saturated rings. The van der Waals surface area contributed by atoms with Gasteiger partial charge in [-0.2, -0.15) is 0 Å². The summed E-state index contributed by atoms with van der Waals surface area (Å²) in [5.74, 6) is 0.216. The van der Waals surface area contributed by atoms with Crippen LogP contribution < -0.4 is 5.76 Å². The fourth-order valence-electron chi connectivity index (χ4n) is 1.90. The van der Waals surface area contributed by atoms with Gasteiger partial charge in [-0.25, -0.2) is 9.89 Å². The Morgan fingerprint density at radius 3 is 3.10 bits per heavy atom. The molecule has 4 aromatic rings. The Hall–Kier alpha value is -2.13. The first-order valence-corrected chi connectivity index (χ1v) is 7.51. The van der Waals surface area contributed by atoms with Crippen molar-refractivity contribution in [2.45, 2.75) is 10.9 Å². The maximum atomic E-state index is 10.9. The molecule has 0 aliphatic heterocycles. The zero-order valence-electron chi connectivity index (χ0n) is 9.94. The molecular formula is C11H7N5O2S2. The van der Waals surface area contributed by atoms with E-state index in [0.29, 0.717) is 11.6 Å². The van der Waals surface area contributed by atoms with Gasteiger partial charge in [0.15, 0.2) is 5.16 Å². The molecule has 7 nitrogen and oxygen atoms in total. The SMILES string of the molecule is O=c1[nH]nc(CSc2nnc3sc4ccccc4n23)o1. The van der Waals surface area contributed by atoms with Crippen molar-refractivity contribution in [3.63, 3.8) is 0 Å². The van der Waals surface area contributed by atoms with Gasteiger partial charge in [0, 0.05) is 0 Å². The maximum absolute atomic E-state index is 10.9. The molecule has 100 valence electrons. The standard InChI is InChI=1S/C11H7N5O2S2/c17-11-15-12-8(18-11)5-19-9-13-14-10-16(9)6-3-1-2-4-7(6)20-10/h1-4H,5H2,(H,15,17). The molecule has 3 heterocycles. The minimum Gasteiger partial charge on any atom is -0.392 e. The molecule has 3 aromatic heterocycles. The number of thioether (sulfide) groups is 1. The van der Waals surface area contributed by atoms with Gasteiger partial charge in [0.05, 0.1) is 16.0 Å². The molecule has 0 saturated heterocycles. The van der Waals surface area contributed by atoms with Gasteiger partial charge in [0.1, 0.15) is 0 Å². The molecule has 1 aromatic carbocycles. The second-order valence-electron chi connectivity index (χ2n) is 3.97. The van der Waals surface area contributed by atoms with Crippen LogP contribution in [0.15, 0.2) is 38.6 Å². The number of hydrogen-bond donors (Lipinski definition) is 1. The summed E-state index contributed by atoms with van der Waals surface area (Å²) in [6.07, 6.45) is 0. The van der Waals surface area contributed by atoms with E-state index in [4.69, 9.17) is 4.42 Å². The van der Waals surface area contributed by atoms with Crippen LogP contribution >= 0.6 is 23.1 Å². The molecule has 0 saturated carbocycles. The van der Waals surface area contributed by atoms with Gasteiger partial charge in [0.2, 0.25) is 10.9 Å². The monoisotopic (exact) mass is 305 g/mol. The molecule has 0 unspecified atom stereocenters. The summed E-state index contributed by atoms with van der Waals surface area (Å²) in [7, 11) is 0. The number of thiazole rings is 1. The fourth-order valence-corrected chi connectivity index (χ4v) is 3.71. The summed E-state index contributed by atoms with van der Waals surface area (Å²) in [4.78, 5) is 11.7. The molecule has 0 bridgehead atoms. The van der Waals surface area contributed by atoms with Gasteiger partial charge in [-0.3, -0.25) is 4.40 Å². The van der Waals surface area contributed by atoms with Gasteiger partial charge >= 0.3 is 5.76 Å². The number of benzene rings is 1. The van der Waals surface area contributed by atoms with Crippen molar-refractivity contribution in [1.29, 1.82) is 0 Å². The lowest BCUT2D eigenvalue weighted by Crippen LogP contribution is -1.93. The van der Waals surface area contributed by atoms with Crippen molar-refractivity contribution >= 4 is 38.3 Å². The first kappa shape index (κ1) is 11.7. The number of fused-ring (bicyclic) bond motifs is 3. The fraction of sp³-hybridized carbons (Fsp3) is 0.0909. The highest BCUT2D eigenvalue weighted by atomic mass is 32.2. The number of para-hydroxylation sites is 1. The average molecular weight is 305 g/mol. The van der Waals surface area contributed by atoms with E-state index in [1.54, 1.807) is 11.3 Å². The molecule has 4 rings (SSSR count). The highest BCUT2D eigenvalue weighted by Crippen LogP contribution is 2.30. The van der Waals surface area contributed by atoms with E-state index in [2.05, 4.69) is 26.5 Å². The molecular weight excluding hydrogens is 298 g/mol. The van der Waals surface area contributed by atoms with Gasteiger partial charge in [-0.15, -0.1) is 15.3 Å². The minimum atomic E-state index is -0.548. The zero-order chi connectivity index (χ0) is 13.5. The molecule has 20 heavy (non-hydrogen) atoms. The lowest BCUT2D eigenvalue weighted by molar-refractivity contribution is 0.479. The van der Waals surface area contributed by atoms with Crippen LogP contribution in [0, 0.1) is 0 Å². The van der Waals surface area contributed by atoms with Crippen LogP contribution in [-0.2, 0) is 5.75 Å². The lowest BCUT2D eigenvalue weighted by Gasteiger charge is -1.96. The summed E-state index contributed by atoms with van der Waals surface area (Å²) in [5, 5.41) is 15.1. The number of hydrogen-bond acceptors (Lipinski definition) is 7. The van der Waals surface area contributed by atoms with Crippen molar-refractivity contribution in [3.05, 3.63) is 40.7 Å². The molecule has 9 heteroatoms. The van der Waals surface area contributed by atoms with Crippen molar-refractivity contribution in [2.24, 2.45) is 0 Å². The van der Waals surface area contributed by atoms with Gasteiger partial charge < -0.3 is 4.42 Å². The molecule has 0 aliphatic rings. The number of H-pyrrole nitrogens is 1. The van der Waals surface area contributed by atoms with Crippen molar-refractivity contribution < 1.29 is 4.42 Å². The van der Waals surface area contributed by atoms with Crippen LogP contribution in [0.1, 0.15) is 5.89 Å². The number of aromatic amines is 1. The van der Waals surface area contributed by atoms with Crippen LogP contribution in [0.5, 0.6) is 0 Å². The summed E-state index contributed by atoms with van der Waals surface area (Å²) in [6.45, 7) is 0. The van der Waals surface area contributed by atoms with Crippen molar-refractivity contribution in [3.8, 4) is 0 Å². The third kappa shape index (κ3) is 1.82. The molecule has 0 amide bonds. The normalized spacial score (nSPS) is 11.6. The van der Waals surface area contributed by atoms with E-state index in [1.807, 2.05) is 22.6 Å². The first-order chi connectivity index (χ1) is 9.81. The number of nitrogens with one attached hydrogen (secondary N) is 1. The smallest absolute Gasteiger partial charge is 0.392 e. The van der Waals surface area contributed by atoms with E-state index in [-0.39, 0.29) is 0 Å². The van der Waals surface area contributed by atoms with E-state index >= 15 is 0 Å². The molecule has 0 atom stereocenters.